The molecule has 1 aromatic carbocycles. The van der Waals surface area contributed by atoms with Crippen molar-refractivity contribution < 1.29 is 0 Å². The Morgan fingerprint density at radius 3 is 3.00 bits per heavy atom. The van der Waals surface area contributed by atoms with Gasteiger partial charge in [-0.3, -0.25) is 0 Å². The van der Waals surface area contributed by atoms with Crippen LogP contribution < -0.4 is 0 Å². The van der Waals surface area contributed by atoms with E-state index in [-0.39, 0.29) is 0 Å². The molecule has 84 valence electrons. The first-order valence-electron chi connectivity index (χ1n) is 5.78. The van der Waals surface area contributed by atoms with Crippen LogP contribution >= 0.6 is 11.3 Å². The normalized spacial score (nSPS) is 12.4. The Morgan fingerprint density at radius 1 is 1.06 bits per heavy atom. The molecule has 0 bridgehead atoms. The van der Waals surface area contributed by atoms with Crippen LogP contribution in [0.1, 0.15) is 0 Å². The maximum Gasteiger partial charge on any atom is 0.130 e. The summed E-state index contributed by atoms with van der Waals surface area (Å²) >= 11 is 1.74. The average Bonchev–Trinajstić information content (AvgIpc) is 2.97. The third-order valence-electron chi connectivity index (χ3n) is 3.52. The Labute approximate surface area is 106 Å². The summed E-state index contributed by atoms with van der Waals surface area (Å²) in [6, 6.07) is 10.6. The minimum absolute atomic E-state index is 1.06. The molecular weight excluding hydrogens is 242 g/mol. The number of pyridine rings is 1. The maximum atomic E-state index is 4.50. The summed E-state index contributed by atoms with van der Waals surface area (Å²) in [5, 5.41) is 2.38. The number of thiophene rings is 1. The van der Waals surface area contributed by atoms with E-state index in [0.717, 1.165) is 10.3 Å². The van der Waals surface area contributed by atoms with Crippen LogP contribution in [0.3, 0.4) is 0 Å². The van der Waals surface area contributed by atoms with E-state index < -0.39 is 0 Å². The second kappa shape index (κ2) is 2.79. The van der Waals surface area contributed by atoms with Gasteiger partial charge in [-0.05, 0) is 12.1 Å². The summed E-state index contributed by atoms with van der Waals surface area (Å²) in [6.45, 7) is 0. The van der Waals surface area contributed by atoms with Crippen LogP contribution in [-0.2, 0) is 0 Å². The molecule has 18 heavy (non-hydrogen) atoms. The molecule has 0 saturated heterocycles. The zero-order valence-corrected chi connectivity index (χ0v) is 10.1. The Kier molecular flexibility index (Phi) is 1.37. The summed E-state index contributed by atoms with van der Waals surface area (Å²) in [7, 11) is 0. The van der Waals surface area contributed by atoms with Crippen molar-refractivity contribution >= 4 is 48.2 Å². The molecule has 0 saturated carbocycles. The molecular formula is C14H7N3S. The third-order valence-corrected chi connectivity index (χ3v) is 4.58. The summed E-state index contributed by atoms with van der Waals surface area (Å²) < 4.78 is 3.53. The Bertz CT molecular complexity index is 1020. The lowest BCUT2D eigenvalue weighted by molar-refractivity contribution is 1.25. The number of benzene rings is 1. The van der Waals surface area contributed by atoms with Gasteiger partial charge in [0.25, 0.3) is 0 Å². The van der Waals surface area contributed by atoms with Crippen LogP contribution in [0.2, 0.25) is 0 Å². The molecule has 0 fully saturated rings. The van der Waals surface area contributed by atoms with E-state index in [1.807, 2.05) is 0 Å². The Morgan fingerprint density at radius 2 is 2.00 bits per heavy atom. The minimum Gasteiger partial charge on any atom is -0.314 e. The molecule has 0 aliphatic carbocycles. The number of para-hydroxylation sites is 1. The minimum atomic E-state index is 1.06. The van der Waals surface area contributed by atoms with Crippen LogP contribution in [0.5, 0.6) is 0 Å². The number of nitrogens with zero attached hydrogens (tertiary/aromatic N) is 3. The molecule has 5 aromatic rings. The molecule has 4 heteroatoms. The lowest BCUT2D eigenvalue weighted by Crippen LogP contribution is -1.90. The first-order chi connectivity index (χ1) is 8.93. The number of fused-ring (bicyclic) bond motifs is 3. The second-order valence-electron chi connectivity index (χ2n) is 4.42. The molecule has 3 nitrogen and oxygen atoms in total. The summed E-state index contributed by atoms with van der Waals surface area (Å²) in [4.78, 5) is 9.97. The lowest BCUT2D eigenvalue weighted by atomic mass is 10.1. The van der Waals surface area contributed by atoms with Crippen molar-refractivity contribution in [3.8, 4) is 0 Å². The molecule has 0 spiro atoms. The van der Waals surface area contributed by atoms with Crippen molar-refractivity contribution in [1.29, 1.82) is 0 Å². The topological polar surface area (TPSA) is 30.2 Å². The van der Waals surface area contributed by atoms with E-state index in [9.17, 15) is 0 Å². The SMILES string of the molecule is c1ccc2c(c1)c1ncnc3sc4ccn2c4c31. The highest BCUT2D eigenvalue weighted by molar-refractivity contribution is 7.25. The third kappa shape index (κ3) is 0.843. The van der Waals surface area contributed by atoms with Crippen molar-refractivity contribution in [1.82, 2.24) is 14.4 Å². The number of hydrogen-bond donors (Lipinski definition) is 0. The van der Waals surface area contributed by atoms with Gasteiger partial charge in [-0.1, -0.05) is 18.2 Å². The summed E-state index contributed by atoms with van der Waals surface area (Å²) in [6.07, 6.45) is 3.80. The van der Waals surface area contributed by atoms with Crippen LogP contribution in [0.25, 0.3) is 36.9 Å². The highest BCUT2D eigenvalue weighted by Gasteiger charge is 2.16. The highest BCUT2D eigenvalue weighted by atomic mass is 32.1. The predicted octanol–water partition coefficient (Wildman–Crippen LogP) is 3.69. The van der Waals surface area contributed by atoms with Gasteiger partial charge in [0.2, 0.25) is 0 Å². The van der Waals surface area contributed by atoms with Crippen LogP contribution in [-0.4, -0.2) is 14.4 Å². The van der Waals surface area contributed by atoms with Gasteiger partial charge in [0.15, 0.2) is 0 Å². The zero-order valence-electron chi connectivity index (χ0n) is 9.29. The molecule has 0 aliphatic rings. The summed E-state index contributed by atoms with van der Waals surface area (Å²) in [5.41, 5.74) is 3.52. The molecule has 0 radical (unpaired) electrons. The fourth-order valence-electron chi connectivity index (χ4n) is 2.79. The van der Waals surface area contributed by atoms with Crippen molar-refractivity contribution in [2.75, 3.05) is 0 Å². The van der Waals surface area contributed by atoms with E-state index in [4.69, 9.17) is 0 Å². The number of hydrogen-bond acceptors (Lipinski definition) is 3. The monoisotopic (exact) mass is 249 g/mol. The average molecular weight is 249 g/mol. The largest absolute Gasteiger partial charge is 0.314 e. The van der Waals surface area contributed by atoms with Crippen LogP contribution in [0, 0.1) is 0 Å². The fraction of sp³-hybridized carbons (Fsp3) is 0. The molecule has 0 aliphatic heterocycles. The van der Waals surface area contributed by atoms with Gasteiger partial charge < -0.3 is 4.40 Å². The van der Waals surface area contributed by atoms with Gasteiger partial charge in [0, 0.05) is 11.6 Å². The first kappa shape index (κ1) is 8.83. The van der Waals surface area contributed by atoms with Crippen LogP contribution in [0.4, 0.5) is 0 Å². The number of rotatable bonds is 0. The first-order valence-corrected chi connectivity index (χ1v) is 6.59. The predicted molar refractivity (Wildman–Crippen MR) is 74.6 cm³/mol. The quantitative estimate of drug-likeness (QED) is 0.392. The molecule has 0 atom stereocenters. The van der Waals surface area contributed by atoms with Crippen molar-refractivity contribution in [3.05, 3.63) is 42.9 Å². The summed E-state index contributed by atoms with van der Waals surface area (Å²) in [5.74, 6) is 0. The molecule has 0 unspecified atom stereocenters. The zero-order chi connectivity index (χ0) is 11.7. The standard InChI is InChI=1S/C14H7N3S/c1-2-4-9-8(3-1)12-11-13-10(5-6-17(9)13)18-14(11)16-7-15-12/h1-7H. The van der Waals surface area contributed by atoms with Crippen molar-refractivity contribution in [2.24, 2.45) is 0 Å². The lowest BCUT2D eigenvalue weighted by Gasteiger charge is -2.06. The van der Waals surface area contributed by atoms with E-state index >= 15 is 0 Å². The van der Waals surface area contributed by atoms with Crippen molar-refractivity contribution in [3.63, 3.8) is 0 Å². The van der Waals surface area contributed by atoms with E-state index in [0.29, 0.717) is 0 Å². The molecule has 0 amide bonds. The van der Waals surface area contributed by atoms with E-state index in [1.54, 1.807) is 17.7 Å². The molecule has 4 heterocycles. The van der Waals surface area contributed by atoms with Gasteiger partial charge in [0.1, 0.15) is 11.2 Å². The van der Waals surface area contributed by atoms with Gasteiger partial charge in [0.05, 0.1) is 26.6 Å². The highest BCUT2D eigenvalue weighted by Crippen LogP contribution is 2.39. The molecule has 5 rings (SSSR count). The molecule has 0 N–H and O–H groups in total. The smallest absolute Gasteiger partial charge is 0.130 e. The Balaban J connectivity index is 2.36. The second-order valence-corrected chi connectivity index (χ2v) is 5.45. The van der Waals surface area contributed by atoms with Crippen LogP contribution in [0.15, 0.2) is 42.9 Å². The van der Waals surface area contributed by atoms with Gasteiger partial charge >= 0.3 is 0 Å². The van der Waals surface area contributed by atoms with Gasteiger partial charge in [-0.2, -0.15) is 0 Å². The maximum absolute atomic E-state index is 4.50. The molecule has 4 aromatic heterocycles. The van der Waals surface area contributed by atoms with E-state index in [2.05, 4.69) is 50.9 Å². The van der Waals surface area contributed by atoms with Gasteiger partial charge in [-0.25, -0.2) is 9.97 Å². The van der Waals surface area contributed by atoms with E-state index in [1.165, 1.54) is 26.5 Å². The van der Waals surface area contributed by atoms with Gasteiger partial charge in [-0.15, -0.1) is 11.3 Å². The number of aromatic nitrogens is 3. The Hall–Kier alpha value is -2.20. The van der Waals surface area contributed by atoms with Crippen molar-refractivity contribution in [2.45, 2.75) is 0 Å². The fourth-order valence-corrected chi connectivity index (χ4v) is 3.82.